The van der Waals surface area contributed by atoms with Crippen molar-refractivity contribution in [2.45, 2.75) is 32.2 Å². The Kier molecular flexibility index (Phi) is 2.73. The molecule has 1 atom stereocenters. The Bertz CT molecular complexity index is 373. The number of Topliss-reactive ketones (excluding diaryl/α,β-unsaturated/α-hetero) is 1. The molecule has 0 amide bonds. The van der Waals surface area contributed by atoms with Crippen LogP contribution in [-0.4, -0.2) is 23.4 Å². The molecule has 0 radical (unpaired) electrons. The van der Waals surface area contributed by atoms with E-state index < -0.39 is 0 Å². The average Bonchev–Trinajstić information content (AvgIpc) is 2.59. The van der Waals surface area contributed by atoms with Crippen molar-refractivity contribution in [2.75, 3.05) is 12.3 Å². The summed E-state index contributed by atoms with van der Waals surface area (Å²) in [4.78, 5) is 15.9. The van der Waals surface area contributed by atoms with Crippen LogP contribution in [0.5, 0.6) is 0 Å². The van der Waals surface area contributed by atoms with Gasteiger partial charge in [-0.15, -0.1) is 0 Å². The lowest BCUT2D eigenvalue weighted by atomic mass is 9.95. The largest absolute Gasteiger partial charge is 0.420 e. The van der Waals surface area contributed by atoms with E-state index in [-0.39, 0.29) is 17.8 Å². The van der Waals surface area contributed by atoms with Crippen LogP contribution in [0.15, 0.2) is 4.42 Å². The van der Waals surface area contributed by atoms with Gasteiger partial charge in [-0.1, -0.05) is 6.92 Å². The van der Waals surface area contributed by atoms with Gasteiger partial charge in [-0.3, -0.25) is 4.79 Å². The van der Waals surface area contributed by atoms with Gasteiger partial charge in [-0.25, -0.2) is 0 Å². The number of aryl methyl sites for hydroxylation is 1. The lowest BCUT2D eigenvalue weighted by Crippen LogP contribution is -2.40. The lowest BCUT2D eigenvalue weighted by Gasteiger charge is -2.19. The molecule has 0 saturated carbocycles. The smallest absolute Gasteiger partial charge is 0.292 e. The molecule has 5 heteroatoms. The maximum atomic E-state index is 11.9. The fourth-order valence-electron chi connectivity index (χ4n) is 1.82. The molecule has 0 spiro atoms. The highest BCUT2D eigenvalue weighted by Crippen LogP contribution is 2.22. The van der Waals surface area contributed by atoms with E-state index in [2.05, 4.69) is 17.2 Å². The number of rotatable bonds is 3. The number of anilines is 1. The summed E-state index contributed by atoms with van der Waals surface area (Å²) in [5, 5.41) is 3.19. The first-order valence-corrected chi connectivity index (χ1v) is 5.25. The number of nitrogens with one attached hydrogen (secondary N) is 1. The van der Waals surface area contributed by atoms with Crippen molar-refractivity contribution < 1.29 is 9.21 Å². The van der Waals surface area contributed by atoms with E-state index in [1.165, 1.54) is 0 Å². The molecule has 3 N–H and O–H groups in total. The number of ketones is 1. The summed E-state index contributed by atoms with van der Waals surface area (Å²) < 4.78 is 5.11. The monoisotopic (exact) mass is 209 g/mol. The Balaban J connectivity index is 2.14. The predicted octanol–water partition coefficient (Wildman–Crippen LogP) is 0.754. The van der Waals surface area contributed by atoms with Crippen molar-refractivity contribution in [2.24, 2.45) is 0 Å². The quantitative estimate of drug-likeness (QED) is 0.767. The van der Waals surface area contributed by atoms with Gasteiger partial charge in [0.05, 0.1) is 11.7 Å². The molecule has 15 heavy (non-hydrogen) atoms. The number of aromatic nitrogens is 1. The van der Waals surface area contributed by atoms with Crippen LogP contribution in [0.3, 0.4) is 0 Å². The van der Waals surface area contributed by atoms with Gasteiger partial charge >= 0.3 is 0 Å². The van der Waals surface area contributed by atoms with Crippen LogP contribution in [0.4, 0.5) is 6.01 Å². The third kappa shape index (κ3) is 1.87. The highest BCUT2D eigenvalue weighted by atomic mass is 16.4. The summed E-state index contributed by atoms with van der Waals surface area (Å²) in [5.74, 6) is 0.321. The molecular weight excluding hydrogens is 194 g/mol. The fraction of sp³-hybridized carbons (Fsp3) is 0.600. The zero-order valence-electron chi connectivity index (χ0n) is 8.75. The van der Waals surface area contributed by atoms with Crippen molar-refractivity contribution in [3.63, 3.8) is 0 Å². The van der Waals surface area contributed by atoms with Gasteiger partial charge in [0.25, 0.3) is 6.01 Å². The lowest BCUT2D eigenvalue weighted by molar-refractivity contribution is 0.0899. The molecule has 82 valence electrons. The first kappa shape index (κ1) is 10.2. The Morgan fingerprint density at radius 2 is 2.47 bits per heavy atom. The van der Waals surface area contributed by atoms with Crippen LogP contribution in [0.2, 0.25) is 0 Å². The number of carbonyl (C=O) groups is 1. The number of nitrogen functional groups attached to an aromatic ring is 1. The summed E-state index contributed by atoms with van der Waals surface area (Å²) in [6.07, 6.45) is 2.54. The summed E-state index contributed by atoms with van der Waals surface area (Å²) in [6.45, 7) is 2.91. The second-order valence-corrected chi connectivity index (χ2v) is 3.74. The molecular formula is C10H15N3O2. The fourth-order valence-corrected chi connectivity index (χ4v) is 1.82. The SMILES string of the molecule is CCCNC1CCc2nc(N)oc2C1=O. The highest BCUT2D eigenvalue weighted by Gasteiger charge is 2.31. The van der Waals surface area contributed by atoms with E-state index >= 15 is 0 Å². The second-order valence-electron chi connectivity index (χ2n) is 3.74. The number of fused-ring (bicyclic) bond motifs is 1. The van der Waals surface area contributed by atoms with Gasteiger partial charge in [-0.2, -0.15) is 4.98 Å². The molecule has 1 aliphatic rings. The molecule has 0 fully saturated rings. The molecule has 5 nitrogen and oxygen atoms in total. The second kappa shape index (κ2) is 4.02. The van der Waals surface area contributed by atoms with E-state index in [9.17, 15) is 4.79 Å². The number of nitrogens with two attached hydrogens (primary N) is 1. The first-order chi connectivity index (χ1) is 7.22. The van der Waals surface area contributed by atoms with Gasteiger partial charge in [-0.05, 0) is 25.8 Å². The van der Waals surface area contributed by atoms with Crippen LogP contribution in [0, 0.1) is 0 Å². The predicted molar refractivity (Wildman–Crippen MR) is 55.6 cm³/mol. The molecule has 1 aromatic rings. The van der Waals surface area contributed by atoms with Gasteiger partial charge in [0.15, 0.2) is 5.76 Å². The Hall–Kier alpha value is -1.36. The number of oxazole rings is 1. The average molecular weight is 209 g/mol. The topological polar surface area (TPSA) is 81.2 Å². The molecule has 1 unspecified atom stereocenters. The number of carbonyl (C=O) groups excluding carboxylic acids is 1. The Morgan fingerprint density at radius 1 is 1.67 bits per heavy atom. The van der Waals surface area contributed by atoms with E-state index in [1.807, 2.05) is 0 Å². The Labute approximate surface area is 88.0 Å². The molecule has 1 aliphatic carbocycles. The molecule has 0 saturated heterocycles. The third-order valence-corrected chi connectivity index (χ3v) is 2.56. The van der Waals surface area contributed by atoms with Gasteiger partial charge < -0.3 is 15.5 Å². The van der Waals surface area contributed by atoms with E-state index in [0.29, 0.717) is 11.5 Å². The van der Waals surface area contributed by atoms with Crippen molar-refractivity contribution in [1.29, 1.82) is 0 Å². The number of hydrogen-bond acceptors (Lipinski definition) is 5. The highest BCUT2D eigenvalue weighted by molar-refractivity contribution is 5.99. The first-order valence-electron chi connectivity index (χ1n) is 5.25. The minimum absolute atomic E-state index is 0.0195. The van der Waals surface area contributed by atoms with E-state index in [1.54, 1.807) is 0 Å². The number of nitrogens with zero attached hydrogens (tertiary/aromatic N) is 1. The van der Waals surface area contributed by atoms with Crippen molar-refractivity contribution in [1.82, 2.24) is 10.3 Å². The molecule has 1 aromatic heterocycles. The number of hydrogen-bond donors (Lipinski definition) is 2. The summed E-state index contributed by atoms with van der Waals surface area (Å²) in [5.41, 5.74) is 6.12. The maximum absolute atomic E-state index is 11.9. The summed E-state index contributed by atoms with van der Waals surface area (Å²) in [6, 6.07) is -0.0470. The summed E-state index contributed by atoms with van der Waals surface area (Å²) in [7, 11) is 0. The van der Waals surface area contributed by atoms with Gasteiger partial charge in [0.1, 0.15) is 0 Å². The zero-order chi connectivity index (χ0) is 10.8. The summed E-state index contributed by atoms with van der Waals surface area (Å²) >= 11 is 0. The molecule has 0 aromatic carbocycles. The van der Waals surface area contributed by atoms with Gasteiger partial charge in [0, 0.05) is 0 Å². The van der Waals surface area contributed by atoms with Crippen molar-refractivity contribution >= 4 is 11.8 Å². The minimum Gasteiger partial charge on any atom is -0.420 e. The van der Waals surface area contributed by atoms with Crippen LogP contribution in [0.25, 0.3) is 0 Å². The molecule has 0 bridgehead atoms. The van der Waals surface area contributed by atoms with Crippen LogP contribution < -0.4 is 11.1 Å². The van der Waals surface area contributed by atoms with E-state index in [4.69, 9.17) is 10.2 Å². The van der Waals surface area contributed by atoms with Crippen LogP contribution in [-0.2, 0) is 6.42 Å². The van der Waals surface area contributed by atoms with E-state index in [0.717, 1.165) is 25.8 Å². The van der Waals surface area contributed by atoms with Crippen molar-refractivity contribution in [3.05, 3.63) is 11.5 Å². The standard InChI is InChI=1S/C10H15N3O2/c1-2-5-12-6-3-4-7-9(8(6)14)15-10(11)13-7/h6,12H,2-5H2,1H3,(H2,11,13). The van der Waals surface area contributed by atoms with Crippen LogP contribution in [0.1, 0.15) is 36.0 Å². The van der Waals surface area contributed by atoms with Crippen LogP contribution >= 0.6 is 0 Å². The third-order valence-electron chi connectivity index (χ3n) is 2.56. The zero-order valence-corrected chi connectivity index (χ0v) is 8.75. The van der Waals surface area contributed by atoms with Crippen molar-refractivity contribution in [3.8, 4) is 0 Å². The normalized spacial score (nSPS) is 20.3. The molecule has 0 aliphatic heterocycles. The minimum atomic E-state index is -0.134. The maximum Gasteiger partial charge on any atom is 0.292 e. The Morgan fingerprint density at radius 3 is 3.20 bits per heavy atom. The molecule has 2 rings (SSSR count). The molecule has 1 heterocycles. The van der Waals surface area contributed by atoms with Gasteiger partial charge in [0.2, 0.25) is 5.78 Å².